The van der Waals surface area contributed by atoms with E-state index in [-0.39, 0.29) is 49.3 Å². The molecule has 42 heavy (non-hydrogen) atoms. The molecule has 3 saturated carbocycles. The van der Waals surface area contributed by atoms with Gasteiger partial charge in [-0.15, -0.1) is 0 Å². The summed E-state index contributed by atoms with van der Waals surface area (Å²) >= 11 is 0. The Morgan fingerprint density at radius 3 is 2.55 bits per heavy atom. The first-order chi connectivity index (χ1) is 20.3. The molecule has 0 aromatic rings. The number of alkyl halides is 2. The van der Waals surface area contributed by atoms with Crippen molar-refractivity contribution in [2.75, 3.05) is 52.5 Å². The summed E-state index contributed by atoms with van der Waals surface area (Å²) in [6.07, 6.45) is 4.01. The van der Waals surface area contributed by atoms with Gasteiger partial charge in [-0.2, -0.15) is 0 Å². The average molecular weight is 596 g/mol. The highest BCUT2D eigenvalue weighted by molar-refractivity contribution is 6.09. The van der Waals surface area contributed by atoms with Gasteiger partial charge in [-0.1, -0.05) is 0 Å². The SMILES string of the molecule is O=C1N[C@]2(C[C@@H](F)C3CC(C4CNN(CCO)C4)CCC32)C(=O)N1CC(=O)N(CC1CCC(F)CC1)C1CCOCC1. The number of halogens is 2. The van der Waals surface area contributed by atoms with Gasteiger partial charge in [0, 0.05) is 51.9 Å². The van der Waals surface area contributed by atoms with E-state index in [4.69, 9.17) is 4.74 Å². The van der Waals surface area contributed by atoms with Crippen molar-refractivity contribution < 1.29 is 33.0 Å². The van der Waals surface area contributed by atoms with E-state index >= 15 is 4.39 Å². The lowest BCUT2D eigenvalue weighted by molar-refractivity contribution is -0.143. The van der Waals surface area contributed by atoms with Gasteiger partial charge < -0.3 is 20.1 Å². The number of aliphatic hydroxyl groups is 1. The Morgan fingerprint density at radius 2 is 1.81 bits per heavy atom. The number of carbonyl (C=O) groups is 3. The van der Waals surface area contributed by atoms with Gasteiger partial charge in [0.15, 0.2) is 0 Å². The minimum atomic E-state index is -1.29. The number of rotatable bonds is 8. The molecule has 6 atom stereocenters. The van der Waals surface area contributed by atoms with Crippen molar-refractivity contribution in [2.45, 2.75) is 88.1 Å². The number of carbonyl (C=O) groups excluding carboxylic acids is 3. The van der Waals surface area contributed by atoms with Gasteiger partial charge in [0.2, 0.25) is 5.91 Å². The Hall–Kier alpha value is -1.89. The zero-order valence-electron chi connectivity index (χ0n) is 24.5. The number of ether oxygens (including phenoxy) is 1. The van der Waals surface area contributed by atoms with Crippen molar-refractivity contribution in [2.24, 2.45) is 29.6 Å². The fourth-order valence-corrected chi connectivity index (χ4v) is 8.99. The van der Waals surface area contributed by atoms with E-state index in [9.17, 15) is 23.9 Å². The summed E-state index contributed by atoms with van der Waals surface area (Å²) in [6.45, 7) is 3.50. The number of imide groups is 1. The molecule has 12 heteroatoms. The number of hydrazine groups is 1. The maximum Gasteiger partial charge on any atom is 0.325 e. The molecule has 0 aromatic carbocycles. The minimum absolute atomic E-state index is 0.0381. The van der Waals surface area contributed by atoms with E-state index in [1.54, 1.807) is 0 Å². The predicted octanol–water partition coefficient (Wildman–Crippen LogP) is 2.02. The monoisotopic (exact) mass is 595 g/mol. The maximum atomic E-state index is 15.7. The number of fused-ring (bicyclic) bond motifs is 2. The minimum Gasteiger partial charge on any atom is -0.395 e. The summed E-state index contributed by atoms with van der Waals surface area (Å²) in [6, 6.07) is -0.642. The molecule has 3 aliphatic carbocycles. The number of amides is 4. The Labute approximate surface area is 246 Å². The van der Waals surface area contributed by atoms with Crippen LogP contribution in [-0.2, 0) is 14.3 Å². The summed E-state index contributed by atoms with van der Waals surface area (Å²) in [7, 11) is 0. The third-order valence-electron chi connectivity index (χ3n) is 11.3. The van der Waals surface area contributed by atoms with Crippen LogP contribution in [0.1, 0.15) is 64.2 Å². The Morgan fingerprint density at radius 1 is 1.05 bits per heavy atom. The molecule has 3 saturated heterocycles. The molecule has 1 spiro atoms. The molecule has 3 N–H and O–H groups in total. The maximum absolute atomic E-state index is 15.7. The van der Waals surface area contributed by atoms with Crippen LogP contribution in [0.3, 0.4) is 0 Å². The fourth-order valence-electron chi connectivity index (χ4n) is 8.99. The zero-order valence-corrected chi connectivity index (χ0v) is 24.5. The molecule has 0 radical (unpaired) electrons. The summed E-state index contributed by atoms with van der Waals surface area (Å²) < 4.78 is 35.0. The van der Waals surface area contributed by atoms with Crippen LogP contribution in [0.2, 0.25) is 0 Å². The van der Waals surface area contributed by atoms with E-state index in [1.807, 2.05) is 9.91 Å². The van der Waals surface area contributed by atoms with Crippen LogP contribution in [0, 0.1) is 29.6 Å². The van der Waals surface area contributed by atoms with E-state index < -0.39 is 29.8 Å². The molecule has 6 rings (SSSR count). The third-order valence-corrected chi connectivity index (χ3v) is 11.3. The first-order valence-corrected chi connectivity index (χ1v) is 16.2. The van der Waals surface area contributed by atoms with Crippen molar-refractivity contribution in [1.29, 1.82) is 0 Å². The van der Waals surface area contributed by atoms with Gasteiger partial charge in [0.25, 0.3) is 5.91 Å². The molecule has 3 heterocycles. The van der Waals surface area contributed by atoms with Gasteiger partial charge in [-0.25, -0.2) is 18.6 Å². The van der Waals surface area contributed by atoms with E-state index in [1.165, 1.54) is 0 Å². The van der Waals surface area contributed by atoms with Crippen molar-refractivity contribution in [3.63, 3.8) is 0 Å². The van der Waals surface area contributed by atoms with Crippen LogP contribution in [0.25, 0.3) is 0 Å². The predicted molar refractivity (Wildman–Crippen MR) is 149 cm³/mol. The van der Waals surface area contributed by atoms with Crippen molar-refractivity contribution in [3.8, 4) is 0 Å². The number of hydrogen-bond donors (Lipinski definition) is 3. The molecule has 4 unspecified atom stereocenters. The van der Waals surface area contributed by atoms with Gasteiger partial charge in [0.05, 0.1) is 6.61 Å². The van der Waals surface area contributed by atoms with Gasteiger partial charge >= 0.3 is 6.03 Å². The van der Waals surface area contributed by atoms with Gasteiger partial charge in [-0.05, 0) is 87.4 Å². The standard InChI is InChI=1S/C30H47F2N5O5/c31-22-4-1-19(2-5-22)16-36(23-7-11-42-12-8-23)27(39)18-37-28(40)30(34-29(37)41)14-26(32)24-13-20(3-6-25(24)30)21-15-33-35(17-21)9-10-38/h19-26,33,38H,1-18H2,(H,34,41)/t19?,20?,21?,22?,24?,25?,26-,30+/m1/s1. The van der Waals surface area contributed by atoms with Crippen LogP contribution in [-0.4, -0.2) is 114 Å². The molecule has 3 aliphatic heterocycles. The molecule has 4 amide bonds. The molecule has 0 aromatic heterocycles. The fraction of sp³-hybridized carbons (Fsp3) is 0.900. The van der Waals surface area contributed by atoms with Gasteiger partial charge in [-0.3, -0.25) is 19.9 Å². The quantitative estimate of drug-likeness (QED) is 0.368. The largest absolute Gasteiger partial charge is 0.395 e. The Bertz CT molecular complexity index is 1010. The number of hydrogen-bond acceptors (Lipinski definition) is 7. The lowest BCUT2D eigenvalue weighted by Crippen LogP contribution is -2.53. The second kappa shape index (κ2) is 12.6. The molecular weight excluding hydrogens is 548 g/mol. The molecule has 10 nitrogen and oxygen atoms in total. The van der Waals surface area contributed by atoms with E-state index in [0.29, 0.717) is 76.7 Å². The zero-order chi connectivity index (χ0) is 29.4. The van der Waals surface area contributed by atoms with Gasteiger partial charge in [0.1, 0.15) is 24.4 Å². The first-order valence-electron chi connectivity index (χ1n) is 16.2. The second-order valence-corrected chi connectivity index (χ2v) is 13.7. The summed E-state index contributed by atoms with van der Waals surface area (Å²) in [5.41, 5.74) is 2.04. The summed E-state index contributed by atoms with van der Waals surface area (Å²) in [5.74, 6) is -0.452. The normalized spacial score (nSPS) is 39.6. The molecule has 6 fully saturated rings. The second-order valence-electron chi connectivity index (χ2n) is 13.7. The highest BCUT2D eigenvalue weighted by atomic mass is 19.1. The smallest absolute Gasteiger partial charge is 0.325 e. The molecule has 0 bridgehead atoms. The molecular formula is C30H47F2N5O5. The number of urea groups is 1. The molecule has 236 valence electrons. The van der Waals surface area contributed by atoms with Crippen LogP contribution in [0.5, 0.6) is 0 Å². The first kappa shape index (κ1) is 30.1. The number of aliphatic hydroxyl groups excluding tert-OH is 1. The molecule has 6 aliphatic rings. The summed E-state index contributed by atoms with van der Waals surface area (Å²) in [4.78, 5) is 43.8. The highest BCUT2D eigenvalue weighted by Crippen LogP contribution is 2.54. The van der Waals surface area contributed by atoms with Crippen LogP contribution >= 0.6 is 0 Å². The Kier molecular flexibility index (Phi) is 9.05. The summed E-state index contributed by atoms with van der Waals surface area (Å²) in [5, 5.41) is 14.2. The van der Waals surface area contributed by atoms with E-state index in [0.717, 1.165) is 37.3 Å². The van der Waals surface area contributed by atoms with Crippen molar-refractivity contribution in [3.05, 3.63) is 0 Å². The average Bonchev–Trinajstić information content (AvgIpc) is 3.64. The number of β-amino-alcohol motifs (C(OH)–C–C–N with tert-alkyl or cyclic N) is 1. The topological polar surface area (TPSA) is 114 Å². The highest BCUT2D eigenvalue weighted by Gasteiger charge is 2.65. The van der Waals surface area contributed by atoms with Crippen LogP contribution < -0.4 is 10.7 Å². The van der Waals surface area contributed by atoms with Crippen LogP contribution in [0.4, 0.5) is 13.6 Å². The van der Waals surface area contributed by atoms with Crippen LogP contribution in [0.15, 0.2) is 0 Å². The number of nitrogens with zero attached hydrogens (tertiary/aromatic N) is 3. The van der Waals surface area contributed by atoms with Crippen molar-refractivity contribution >= 4 is 17.8 Å². The third kappa shape index (κ3) is 5.80. The lowest BCUT2D eigenvalue weighted by Gasteiger charge is -2.39. The van der Waals surface area contributed by atoms with E-state index in [2.05, 4.69) is 10.7 Å². The van der Waals surface area contributed by atoms with Crippen molar-refractivity contribution in [1.82, 2.24) is 25.6 Å². The number of nitrogens with one attached hydrogen (secondary N) is 2. The Balaban J connectivity index is 1.12. The lowest BCUT2D eigenvalue weighted by atomic mass is 9.67.